The zero-order chi connectivity index (χ0) is 15.7. The van der Waals surface area contributed by atoms with Gasteiger partial charge in [-0.3, -0.25) is 4.90 Å². The van der Waals surface area contributed by atoms with Gasteiger partial charge in [0.2, 0.25) is 0 Å². The minimum Gasteiger partial charge on any atom is -0.335 e. The molecule has 1 aliphatic carbocycles. The quantitative estimate of drug-likeness (QED) is 0.930. The summed E-state index contributed by atoms with van der Waals surface area (Å²) in [6.45, 7) is 11.0. The first-order valence-electron chi connectivity index (χ1n) is 8.14. The summed E-state index contributed by atoms with van der Waals surface area (Å²) in [5.41, 5.74) is 1.29. The van der Waals surface area contributed by atoms with Gasteiger partial charge in [0.15, 0.2) is 0 Å². The van der Waals surface area contributed by atoms with E-state index in [2.05, 4.69) is 36.4 Å². The maximum atomic E-state index is 12.0. The number of urea groups is 1. The van der Waals surface area contributed by atoms with E-state index in [1.54, 1.807) is 11.3 Å². The van der Waals surface area contributed by atoms with Crippen molar-refractivity contribution < 1.29 is 4.79 Å². The highest BCUT2D eigenvalue weighted by atomic mass is 32.1. The minimum atomic E-state index is 0.117. The Morgan fingerprint density at radius 3 is 2.55 bits per heavy atom. The van der Waals surface area contributed by atoms with E-state index in [0.717, 1.165) is 51.3 Å². The fraction of sp³-hybridized carbons (Fsp3) is 0.750. The monoisotopic (exact) mass is 322 g/mol. The van der Waals surface area contributed by atoms with E-state index in [4.69, 9.17) is 4.98 Å². The molecule has 1 saturated carbocycles. The van der Waals surface area contributed by atoms with Crippen molar-refractivity contribution in [2.24, 2.45) is 0 Å². The van der Waals surface area contributed by atoms with Gasteiger partial charge < -0.3 is 10.2 Å². The van der Waals surface area contributed by atoms with E-state index in [1.807, 2.05) is 4.90 Å². The lowest BCUT2D eigenvalue weighted by Gasteiger charge is -2.34. The van der Waals surface area contributed by atoms with Crippen LogP contribution in [-0.4, -0.2) is 53.0 Å². The fourth-order valence-electron chi connectivity index (χ4n) is 2.56. The molecule has 5 nitrogen and oxygen atoms in total. The number of carbonyl (C=O) groups is 1. The van der Waals surface area contributed by atoms with Gasteiger partial charge in [0.05, 0.1) is 10.7 Å². The number of thiazole rings is 1. The Morgan fingerprint density at radius 2 is 2.00 bits per heavy atom. The molecule has 6 heteroatoms. The van der Waals surface area contributed by atoms with E-state index in [-0.39, 0.29) is 11.4 Å². The molecule has 0 atom stereocenters. The van der Waals surface area contributed by atoms with Crippen LogP contribution in [0, 0.1) is 0 Å². The molecule has 0 unspecified atom stereocenters. The number of hydrogen-bond acceptors (Lipinski definition) is 4. The van der Waals surface area contributed by atoms with Crippen molar-refractivity contribution >= 4 is 17.4 Å². The number of nitrogens with zero attached hydrogens (tertiary/aromatic N) is 3. The molecule has 1 saturated heterocycles. The van der Waals surface area contributed by atoms with Crippen LogP contribution in [0.2, 0.25) is 0 Å². The molecule has 3 rings (SSSR count). The number of carbonyl (C=O) groups excluding carboxylic acids is 1. The Bertz CT molecular complexity index is 524. The summed E-state index contributed by atoms with van der Waals surface area (Å²) in [5, 5.41) is 6.44. The molecule has 0 aromatic carbocycles. The number of nitrogens with one attached hydrogen (secondary N) is 1. The van der Waals surface area contributed by atoms with E-state index >= 15 is 0 Å². The predicted molar refractivity (Wildman–Crippen MR) is 89.2 cm³/mol. The Kier molecular flexibility index (Phi) is 4.41. The van der Waals surface area contributed by atoms with Crippen LogP contribution in [0.25, 0.3) is 0 Å². The molecule has 1 aromatic rings. The van der Waals surface area contributed by atoms with Crippen molar-refractivity contribution in [2.45, 2.75) is 51.6 Å². The van der Waals surface area contributed by atoms with Crippen molar-refractivity contribution in [1.82, 2.24) is 20.1 Å². The molecule has 1 aliphatic heterocycles. The molecule has 0 spiro atoms. The lowest BCUT2D eigenvalue weighted by atomic mass is 9.98. The van der Waals surface area contributed by atoms with Crippen LogP contribution in [0.5, 0.6) is 0 Å². The van der Waals surface area contributed by atoms with Crippen molar-refractivity contribution in [3.05, 3.63) is 16.1 Å². The minimum absolute atomic E-state index is 0.117. The van der Waals surface area contributed by atoms with Crippen LogP contribution >= 0.6 is 11.3 Å². The van der Waals surface area contributed by atoms with Crippen molar-refractivity contribution in [1.29, 1.82) is 0 Å². The van der Waals surface area contributed by atoms with Crippen LogP contribution in [0.1, 0.15) is 44.3 Å². The van der Waals surface area contributed by atoms with Crippen LogP contribution in [-0.2, 0) is 12.0 Å². The first-order chi connectivity index (χ1) is 10.4. The van der Waals surface area contributed by atoms with Crippen molar-refractivity contribution in [3.8, 4) is 0 Å². The molecule has 0 bridgehead atoms. The SMILES string of the molecule is CC(C)(C)c1nc(CN2CCN(C(=O)NC3CC3)CC2)cs1. The normalized spacial score (nSPS) is 20.2. The Balaban J connectivity index is 1.47. The third-order valence-corrected chi connectivity index (χ3v) is 5.46. The van der Waals surface area contributed by atoms with Gasteiger partial charge in [-0.05, 0) is 12.8 Å². The summed E-state index contributed by atoms with van der Waals surface area (Å²) in [4.78, 5) is 21.1. The molecule has 2 fully saturated rings. The van der Waals surface area contributed by atoms with E-state index in [9.17, 15) is 4.79 Å². The second-order valence-corrected chi connectivity index (χ2v) is 8.24. The summed E-state index contributed by atoms with van der Waals surface area (Å²) in [6, 6.07) is 0.558. The van der Waals surface area contributed by atoms with Gasteiger partial charge in [0, 0.05) is 49.6 Å². The van der Waals surface area contributed by atoms with Crippen LogP contribution in [0.4, 0.5) is 4.79 Å². The second kappa shape index (κ2) is 6.16. The van der Waals surface area contributed by atoms with Gasteiger partial charge in [0.25, 0.3) is 0 Å². The lowest BCUT2D eigenvalue weighted by molar-refractivity contribution is 0.134. The number of aromatic nitrogens is 1. The molecule has 2 heterocycles. The molecule has 0 radical (unpaired) electrons. The first kappa shape index (κ1) is 15.7. The summed E-state index contributed by atoms with van der Waals surface area (Å²) < 4.78 is 0. The summed E-state index contributed by atoms with van der Waals surface area (Å²) in [5.74, 6) is 0. The van der Waals surface area contributed by atoms with E-state index in [1.165, 1.54) is 5.01 Å². The van der Waals surface area contributed by atoms with Gasteiger partial charge in [-0.2, -0.15) is 0 Å². The molecule has 22 heavy (non-hydrogen) atoms. The molecule has 2 aliphatic rings. The van der Waals surface area contributed by atoms with Crippen LogP contribution in [0.15, 0.2) is 5.38 Å². The average molecular weight is 322 g/mol. The maximum absolute atomic E-state index is 12.0. The highest BCUT2D eigenvalue weighted by molar-refractivity contribution is 7.09. The molecule has 1 aromatic heterocycles. The maximum Gasteiger partial charge on any atom is 0.317 e. The van der Waals surface area contributed by atoms with Gasteiger partial charge in [-0.1, -0.05) is 20.8 Å². The van der Waals surface area contributed by atoms with Crippen LogP contribution in [0.3, 0.4) is 0 Å². The summed E-state index contributed by atoms with van der Waals surface area (Å²) in [6.07, 6.45) is 2.29. The first-order valence-corrected chi connectivity index (χ1v) is 9.02. The largest absolute Gasteiger partial charge is 0.335 e. The molecule has 2 amide bonds. The topological polar surface area (TPSA) is 48.5 Å². The third-order valence-electron chi connectivity index (χ3n) is 4.14. The third kappa shape index (κ3) is 3.98. The smallest absolute Gasteiger partial charge is 0.317 e. The Labute approximate surface area is 136 Å². The van der Waals surface area contributed by atoms with E-state index in [0.29, 0.717) is 6.04 Å². The van der Waals surface area contributed by atoms with Crippen molar-refractivity contribution in [3.63, 3.8) is 0 Å². The summed E-state index contributed by atoms with van der Waals surface area (Å²) >= 11 is 1.75. The average Bonchev–Trinajstić information content (AvgIpc) is 3.13. The highest BCUT2D eigenvalue weighted by Gasteiger charge is 2.28. The number of hydrogen-bond donors (Lipinski definition) is 1. The number of piperazine rings is 1. The van der Waals surface area contributed by atoms with Crippen LogP contribution < -0.4 is 5.32 Å². The predicted octanol–water partition coefficient (Wildman–Crippen LogP) is 2.43. The van der Waals surface area contributed by atoms with Crippen molar-refractivity contribution in [2.75, 3.05) is 26.2 Å². The van der Waals surface area contributed by atoms with Gasteiger partial charge in [-0.15, -0.1) is 11.3 Å². The van der Waals surface area contributed by atoms with Gasteiger partial charge in [-0.25, -0.2) is 9.78 Å². The van der Waals surface area contributed by atoms with Gasteiger partial charge >= 0.3 is 6.03 Å². The Hall–Kier alpha value is -1.14. The lowest BCUT2D eigenvalue weighted by Crippen LogP contribution is -2.51. The molecule has 122 valence electrons. The standard InChI is InChI=1S/C16H26N4OS/c1-16(2,3)14-17-13(11-22-14)10-19-6-8-20(9-7-19)15(21)18-12-4-5-12/h11-12H,4-10H2,1-3H3,(H,18,21). The Morgan fingerprint density at radius 1 is 1.32 bits per heavy atom. The second-order valence-electron chi connectivity index (χ2n) is 7.38. The molecular weight excluding hydrogens is 296 g/mol. The van der Waals surface area contributed by atoms with E-state index < -0.39 is 0 Å². The molecule has 1 N–H and O–H groups in total. The number of rotatable bonds is 3. The zero-order valence-electron chi connectivity index (χ0n) is 13.8. The fourth-order valence-corrected chi connectivity index (χ4v) is 3.45. The zero-order valence-corrected chi connectivity index (χ0v) is 14.6. The highest BCUT2D eigenvalue weighted by Crippen LogP contribution is 2.26. The van der Waals surface area contributed by atoms with Gasteiger partial charge in [0.1, 0.15) is 0 Å². The number of amides is 2. The summed E-state index contributed by atoms with van der Waals surface area (Å²) in [7, 11) is 0. The molecular formula is C16H26N4OS.